The maximum Gasteiger partial charge on any atom is 0.434 e. The van der Waals surface area contributed by atoms with E-state index in [1.54, 1.807) is 11.3 Å². The van der Waals surface area contributed by atoms with Crippen molar-refractivity contribution in [1.29, 1.82) is 0 Å². The van der Waals surface area contributed by atoms with Crippen LogP contribution in [0.1, 0.15) is 68.3 Å². The van der Waals surface area contributed by atoms with Crippen molar-refractivity contribution in [2.45, 2.75) is 33.6 Å². The number of carbonyl (C=O) groups excluding carboxylic acids is 2. The Balaban J connectivity index is 0.000000167. The smallest absolute Gasteiger partial charge is 0.400 e. The summed E-state index contributed by atoms with van der Waals surface area (Å²) in [7, 11) is 1.90. The number of aromatic nitrogens is 9. The summed E-state index contributed by atoms with van der Waals surface area (Å²) in [6.45, 7) is 6.23. The van der Waals surface area contributed by atoms with E-state index in [1.165, 1.54) is 52.5 Å². The minimum Gasteiger partial charge on any atom is -0.400 e. The fourth-order valence-corrected chi connectivity index (χ4v) is 13.6. The first-order valence-electron chi connectivity index (χ1n) is 31.4. The first-order valence-corrected chi connectivity index (χ1v) is 34.5. The van der Waals surface area contributed by atoms with Crippen molar-refractivity contribution in [3.05, 3.63) is 259 Å². The molecule has 0 spiro atoms. The molecule has 0 bridgehead atoms. The number of thiazole rings is 3. The number of rotatable bonds is 12. The second-order valence-electron chi connectivity index (χ2n) is 22.4. The summed E-state index contributed by atoms with van der Waals surface area (Å²) in [5.41, 5.74) is 9.28. The number of hydrogen-bond donors (Lipinski definition) is 5. The topological polar surface area (TPSA) is 309 Å². The van der Waals surface area contributed by atoms with Gasteiger partial charge in [0.25, 0.3) is 23.3 Å². The van der Waals surface area contributed by atoms with E-state index in [4.69, 9.17) is 24.1 Å². The molecule has 5 N–H and O–H groups in total. The number of fused-ring (bicyclic) bond motifs is 3. The van der Waals surface area contributed by atoms with Crippen molar-refractivity contribution < 1.29 is 64.4 Å². The van der Waals surface area contributed by atoms with E-state index in [2.05, 4.69) is 84.4 Å². The number of nitrogens with one attached hydrogen (secondary N) is 3. The van der Waals surface area contributed by atoms with Crippen molar-refractivity contribution >= 4 is 110 Å². The van der Waals surface area contributed by atoms with E-state index in [0.29, 0.717) is 51.0 Å². The Kier molecular flexibility index (Phi) is 27.3. The van der Waals surface area contributed by atoms with Crippen molar-refractivity contribution in [3.8, 4) is 33.4 Å². The predicted molar refractivity (Wildman–Crippen MR) is 401 cm³/mol. The molecule has 16 rings (SSSR count). The van der Waals surface area contributed by atoms with Gasteiger partial charge in [-0.15, -0.1) is 49.3 Å². The van der Waals surface area contributed by atoms with Crippen LogP contribution in [0.5, 0.6) is 0 Å². The second-order valence-corrected chi connectivity index (χ2v) is 25.8. The zero-order valence-electron chi connectivity index (χ0n) is 54.1. The molecule has 0 aliphatic carbocycles. The Hall–Kier alpha value is -11.1. The predicted octanol–water partition coefficient (Wildman–Crippen LogP) is 15.3. The van der Waals surface area contributed by atoms with Gasteiger partial charge in [0.15, 0.2) is 10.0 Å². The normalized spacial score (nSPS) is 12.6. The maximum absolute atomic E-state index is 13.0. The number of carbonyl (C=O) groups is 2. The monoisotopic (exact) mass is 1520 g/mol. The van der Waals surface area contributed by atoms with Crippen LogP contribution in [-0.4, -0.2) is 127 Å². The number of aromatic amines is 2. The van der Waals surface area contributed by atoms with E-state index in [0.717, 1.165) is 120 Å². The van der Waals surface area contributed by atoms with Crippen molar-refractivity contribution in [2.24, 2.45) is 0 Å². The molecule has 34 heteroatoms. The van der Waals surface area contributed by atoms with Gasteiger partial charge in [0.2, 0.25) is 5.89 Å². The molecule has 106 heavy (non-hydrogen) atoms. The Morgan fingerprint density at radius 1 is 0.481 bits per heavy atom. The van der Waals surface area contributed by atoms with Crippen LogP contribution in [0.25, 0.3) is 64.0 Å². The van der Waals surface area contributed by atoms with Crippen molar-refractivity contribution in [3.63, 3.8) is 0 Å². The van der Waals surface area contributed by atoms with Gasteiger partial charge in [-0.25, -0.2) is 34.7 Å². The molecule has 2 aliphatic heterocycles. The molecule has 6 aromatic heterocycles. The molecular formula is C72H65BF6N13O10PS3. The number of piperazine rings is 2. The molecule has 8 aromatic carbocycles. The fraction of sp³-hybridized carbons (Fsp3) is 0.181. The van der Waals surface area contributed by atoms with Gasteiger partial charge in [0.05, 0.1) is 48.2 Å². The molecule has 0 radical (unpaired) electrons. The molecule has 1 atom stereocenters. The van der Waals surface area contributed by atoms with E-state index >= 15 is 0 Å². The van der Waals surface area contributed by atoms with Crippen molar-refractivity contribution in [2.75, 3.05) is 67.1 Å². The van der Waals surface area contributed by atoms with Crippen molar-refractivity contribution in [1.82, 2.24) is 50.9 Å². The maximum atomic E-state index is 13.0. The molecule has 23 nitrogen and oxygen atoms in total. The number of hydrogen-bond acceptors (Lipinski definition) is 24. The van der Waals surface area contributed by atoms with Crippen LogP contribution in [0.15, 0.2) is 217 Å². The summed E-state index contributed by atoms with van der Waals surface area (Å²) in [5, 5.41) is 36.3. The third-order valence-electron chi connectivity index (χ3n) is 15.7. The van der Waals surface area contributed by atoms with Gasteiger partial charge in [-0.05, 0) is 118 Å². The Morgan fingerprint density at radius 2 is 0.877 bits per heavy atom. The fourth-order valence-electron chi connectivity index (χ4n) is 10.7. The van der Waals surface area contributed by atoms with Crippen LogP contribution in [0.4, 0.5) is 43.7 Å². The molecule has 2 fully saturated rings. The number of benzene rings is 8. The number of anilines is 3. The second kappa shape index (κ2) is 36.6. The van der Waals surface area contributed by atoms with Gasteiger partial charge in [-0.3, -0.25) is 20.1 Å². The van der Waals surface area contributed by atoms with Gasteiger partial charge in [0, 0.05) is 63.7 Å². The third-order valence-corrected chi connectivity index (χ3v) is 18.8. The van der Waals surface area contributed by atoms with E-state index in [-0.39, 0.29) is 42.7 Å². The number of alkyl halides is 6. The summed E-state index contributed by atoms with van der Waals surface area (Å²) >= 11 is 4.10. The quantitative estimate of drug-likeness (QED) is 0.0189. The van der Waals surface area contributed by atoms with E-state index < -0.39 is 46.6 Å². The first kappa shape index (κ1) is 79.1. The Bertz CT molecular complexity index is 5300. The molecule has 1 unspecified atom stereocenters. The number of halogens is 6. The molecular weight excluding hydrogens is 1460 g/mol. The number of ketones is 2. The average Bonchev–Trinajstić information content (AvgIpc) is 1.84. The van der Waals surface area contributed by atoms with Gasteiger partial charge in [-0.2, -0.15) is 26.3 Å². The summed E-state index contributed by atoms with van der Waals surface area (Å²) in [5.74, 6) is -2.30. The van der Waals surface area contributed by atoms with Crippen LogP contribution >= 0.6 is 43.1 Å². The molecule has 2 saturated heterocycles. The molecule has 8 heterocycles. The van der Waals surface area contributed by atoms with Crippen LogP contribution in [0.3, 0.4) is 0 Å². The van der Waals surface area contributed by atoms with Gasteiger partial charge in [-0.1, -0.05) is 129 Å². The SMILES string of the molecule is C.C.FC(F)(F)c1ccc(N2CCNCC2)cc1.O=BP.O=C(c1n[nH]c(=O)o1)c1nc2ccc(-c3ccccc3)cc2s1.O=C(c1nnc(N2CCN(c3ccc(C(F)(F)F)cc3)CC2)o1)c1nc2ccc(-c3ccccc3)cc2s1.O=c1[nH]nc(Cc2nc3ccc(-c4ccccc4)cc3s2)o1.OO. The molecule has 0 saturated carbocycles. The van der Waals surface area contributed by atoms with Crippen LogP contribution in [0, 0.1) is 0 Å². The minimum atomic E-state index is -4.36. The standard InChI is InChI=1S/C27H20F3N5O2S.C16H9N3O3S.C16H11N3O2S.C11H13F3N2.2CH4.BH2OP.H2O2/c28-27(29,30)19-7-9-20(10-8-19)34-12-14-35(15-13-34)26-33-32-24(37-26)23(36)25-31-21-11-6-18(16-22(21)38-25)17-4-2-1-3-5-17;20-13(14-18-19-16(21)22-14)15-17-11-7-6-10(8-12(11)23-15)9-4-2-1-3-5-9;20-16-19-18-14(21-16)9-15-17-12-7-6-11(8-13(12)22-15)10-4-2-1-3-5-10;12-11(13,14)9-1-3-10(4-2-9)16-7-5-15-6-8-16;;;2-1-3;1-2/h1-11,16H,12-15H2;1-8H,(H,19,21);1-8H,9H2,(H,19,20);1-4,15H,5-8H2;2*1H4;3H2;1-2H. The molecule has 14 aromatic rings. The zero-order chi connectivity index (χ0) is 73.3. The van der Waals surface area contributed by atoms with E-state index in [1.807, 2.05) is 140 Å². The van der Waals surface area contributed by atoms with Gasteiger partial charge < -0.3 is 33.3 Å². The summed E-state index contributed by atoms with van der Waals surface area (Å²) < 4.78 is 102. The van der Waals surface area contributed by atoms with Crippen LogP contribution in [0.2, 0.25) is 0 Å². The summed E-state index contributed by atoms with van der Waals surface area (Å²) in [6.07, 6.45) is -8.19. The summed E-state index contributed by atoms with van der Waals surface area (Å²) in [6, 6.07) is 58.7. The average molecular weight is 1520 g/mol. The number of H-pyrrole nitrogens is 2. The Morgan fingerprint density at radius 3 is 1.29 bits per heavy atom. The molecule has 2 aliphatic rings. The van der Waals surface area contributed by atoms with E-state index in [9.17, 15) is 45.5 Å². The van der Waals surface area contributed by atoms with Crippen LogP contribution < -0.4 is 31.5 Å². The Labute approximate surface area is 614 Å². The molecule has 546 valence electrons. The third kappa shape index (κ3) is 20.3. The first-order chi connectivity index (χ1) is 50.3. The number of nitrogens with zero attached hydrogens (tertiary/aromatic N) is 10. The van der Waals surface area contributed by atoms with Gasteiger partial charge >= 0.3 is 50.6 Å². The minimum absolute atomic E-state index is 0. The zero-order valence-corrected chi connectivity index (χ0v) is 57.7. The summed E-state index contributed by atoms with van der Waals surface area (Å²) in [4.78, 5) is 66.4. The van der Waals surface area contributed by atoms with Crippen LogP contribution in [-0.2, 0) is 23.5 Å². The largest absolute Gasteiger partial charge is 0.434 e. The van der Waals surface area contributed by atoms with Gasteiger partial charge in [0.1, 0.15) is 5.01 Å². The molecule has 0 amide bonds.